The molecule has 0 aliphatic heterocycles. The van der Waals surface area contributed by atoms with E-state index in [2.05, 4.69) is 26.9 Å². The van der Waals surface area contributed by atoms with Gasteiger partial charge in [-0.1, -0.05) is 0 Å². The van der Waals surface area contributed by atoms with Gasteiger partial charge in [0.25, 0.3) is 0 Å². The zero-order chi connectivity index (χ0) is 11.6. The lowest BCUT2D eigenvalue weighted by Gasteiger charge is -1.65. The summed E-state index contributed by atoms with van der Waals surface area (Å²) in [4.78, 5) is 0. The Labute approximate surface area is 69.5 Å². The smallest absolute Gasteiger partial charge is 0.317 e. The molecule has 74 valence electrons. The van der Waals surface area contributed by atoms with E-state index in [-0.39, 0.29) is 0 Å². The van der Waals surface area contributed by atoms with Gasteiger partial charge in [-0.15, -0.1) is 0 Å². The van der Waals surface area contributed by atoms with Crippen LogP contribution in [0.15, 0.2) is 0 Å². The monoisotopic (exact) mass is 186 g/mol. The van der Waals surface area contributed by atoms with Crippen molar-refractivity contribution in [1.29, 1.82) is 21.6 Å². The molecular formula is C5H13F3N4. The molecule has 0 aromatic carbocycles. The van der Waals surface area contributed by atoms with Crippen molar-refractivity contribution in [2.75, 3.05) is 0 Å². The van der Waals surface area contributed by atoms with Crippen molar-refractivity contribution in [3.8, 4) is 0 Å². The first-order valence-corrected chi connectivity index (χ1v) is 2.07. The second-order valence-electron chi connectivity index (χ2n) is 0.247. The average molecular weight is 186 g/mol. The maximum atomic E-state index is 9.67. The fourth-order valence-corrected chi connectivity index (χ4v) is 0. The van der Waals surface area contributed by atoms with Gasteiger partial charge in [0.15, 0.2) is 0 Å². The van der Waals surface area contributed by atoms with Crippen molar-refractivity contribution in [3.05, 3.63) is 0 Å². The highest BCUT2D eigenvalue weighted by Crippen LogP contribution is 1.87. The van der Waals surface area contributed by atoms with Crippen molar-refractivity contribution in [2.24, 2.45) is 0 Å². The topological polar surface area (TPSA) is 95.4 Å². The van der Waals surface area contributed by atoms with Gasteiger partial charge in [-0.2, -0.15) is 13.2 Å². The fourth-order valence-electron chi connectivity index (χ4n) is 0. The molecule has 0 aliphatic rings. The van der Waals surface area contributed by atoms with E-state index in [4.69, 9.17) is 21.6 Å². The molecule has 0 radical (unpaired) electrons. The van der Waals surface area contributed by atoms with E-state index in [0.717, 1.165) is 0 Å². The highest BCUT2D eigenvalue weighted by atomic mass is 19.4. The summed E-state index contributed by atoms with van der Waals surface area (Å²) in [6.07, 6.45) is 0. The van der Waals surface area contributed by atoms with Gasteiger partial charge in [-0.05, 0) is 26.9 Å². The lowest BCUT2D eigenvalue weighted by molar-refractivity contribution is 0.00819. The Morgan fingerprint density at radius 2 is 0.583 bits per heavy atom. The molecule has 0 bridgehead atoms. The van der Waals surface area contributed by atoms with Crippen molar-refractivity contribution >= 4 is 26.9 Å². The van der Waals surface area contributed by atoms with E-state index in [1.165, 1.54) is 0 Å². The number of hydrogen-bond donors (Lipinski definition) is 4. The van der Waals surface area contributed by atoms with Gasteiger partial charge in [0.05, 0.1) is 0 Å². The minimum absolute atomic E-state index is 2.50. The molecule has 7 heteroatoms. The summed E-state index contributed by atoms with van der Waals surface area (Å²) in [5.41, 5.74) is 0. The maximum absolute atomic E-state index is 9.67. The number of alkyl halides is 3. The highest BCUT2D eigenvalue weighted by Gasteiger charge is 1.86. The van der Waals surface area contributed by atoms with Crippen LogP contribution in [-0.2, 0) is 0 Å². The minimum atomic E-state index is -3.67. The van der Waals surface area contributed by atoms with Crippen LogP contribution in [0.1, 0.15) is 0 Å². The summed E-state index contributed by atoms with van der Waals surface area (Å²) in [6.45, 7) is 6.33. The van der Waals surface area contributed by atoms with Gasteiger partial charge in [-0.3, -0.25) is 0 Å². The van der Waals surface area contributed by atoms with Crippen molar-refractivity contribution in [1.82, 2.24) is 0 Å². The van der Waals surface area contributed by atoms with Gasteiger partial charge < -0.3 is 21.6 Å². The van der Waals surface area contributed by atoms with E-state index < -0.39 is 6.68 Å². The van der Waals surface area contributed by atoms with Gasteiger partial charge in [-0.25, -0.2) is 0 Å². The molecule has 0 fully saturated rings. The molecule has 0 heterocycles. The van der Waals surface area contributed by atoms with E-state index in [9.17, 15) is 13.2 Å². The van der Waals surface area contributed by atoms with Crippen molar-refractivity contribution in [3.63, 3.8) is 0 Å². The molecular weight excluding hydrogens is 173 g/mol. The van der Waals surface area contributed by atoms with Gasteiger partial charge in [0.2, 0.25) is 0 Å². The number of hydrogen-bond acceptors (Lipinski definition) is 4. The number of rotatable bonds is 0. The molecule has 0 saturated carbocycles. The van der Waals surface area contributed by atoms with Crippen molar-refractivity contribution < 1.29 is 13.2 Å². The second-order valence-corrected chi connectivity index (χ2v) is 0.247. The Hall–Kier alpha value is -1.53. The molecule has 4 nitrogen and oxygen atoms in total. The highest BCUT2D eigenvalue weighted by molar-refractivity contribution is 5.16. The Morgan fingerprint density at radius 1 is 0.583 bits per heavy atom. The Bertz CT molecular complexity index is 45.2. The molecule has 0 atom stereocenters. The van der Waals surface area contributed by atoms with Crippen LogP contribution in [0.2, 0.25) is 0 Å². The summed E-state index contributed by atoms with van der Waals surface area (Å²) in [7, 11) is 0. The van der Waals surface area contributed by atoms with Crippen molar-refractivity contribution in [2.45, 2.75) is 6.68 Å². The van der Waals surface area contributed by atoms with Gasteiger partial charge >= 0.3 is 6.68 Å². The lowest BCUT2D eigenvalue weighted by Crippen LogP contribution is -1.65. The first kappa shape index (κ1) is 31.4. The van der Waals surface area contributed by atoms with Crippen LogP contribution in [0.25, 0.3) is 0 Å². The van der Waals surface area contributed by atoms with Crippen LogP contribution in [0, 0.1) is 21.6 Å². The van der Waals surface area contributed by atoms with Crippen LogP contribution >= 0.6 is 0 Å². The van der Waals surface area contributed by atoms with Crippen LogP contribution in [0.3, 0.4) is 0 Å². The molecule has 0 spiro atoms. The van der Waals surface area contributed by atoms with Crippen LogP contribution in [0.5, 0.6) is 0 Å². The second kappa shape index (κ2) is 314. The molecule has 0 aromatic rings. The molecule has 0 saturated heterocycles. The molecule has 0 aliphatic carbocycles. The Balaban J connectivity index is -0.0000000181. The first-order valence-electron chi connectivity index (χ1n) is 2.07. The maximum Gasteiger partial charge on any atom is 0.379 e. The van der Waals surface area contributed by atoms with Gasteiger partial charge in [0, 0.05) is 0 Å². The molecule has 0 unspecified atom stereocenters. The molecule has 0 amide bonds. The Kier molecular flexibility index (Phi) is 822. The summed E-state index contributed by atoms with van der Waals surface area (Å²) < 4.78 is 29.0. The average Bonchev–Trinajstić information content (AvgIpc) is 2.16. The molecule has 12 heavy (non-hydrogen) atoms. The quantitative estimate of drug-likeness (QED) is 0.417. The predicted molar refractivity (Wildman–Crippen MR) is 46.5 cm³/mol. The Morgan fingerprint density at radius 3 is 0.583 bits per heavy atom. The predicted octanol–water partition coefficient (Wildman–Crippen LogP) is 2.24. The number of halogens is 3. The molecule has 4 N–H and O–H groups in total. The summed E-state index contributed by atoms with van der Waals surface area (Å²) in [6, 6.07) is 0. The van der Waals surface area contributed by atoms with Crippen LogP contribution < -0.4 is 0 Å². The van der Waals surface area contributed by atoms with E-state index in [1.54, 1.807) is 0 Å². The fraction of sp³-hybridized carbons (Fsp3) is 0.200. The normalized spacial score (nSPS) is 4.33. The largest absolute Gasteiger partial charge is 0.379 e. The van der Waals surface area contributed by atoms with Crippen LogP contribution in [0.4, 0.5) is 13.2 Å². The summed E-state index contributed by atoms with van der Waals surface area (Å²) in [5, 5.41) is 22.0. The molecule has 0 rings (SSSR count). The lowest BCUT2D eigenvalue weighted by atomic mass is 11.6. The first-order chi connectivity index (χ1) is 5.73. The third kappa shape index (κ3) is 202. The van der Waals surface area contributed by atoms with Gasteiger partial charge in [0.1, 0.15) is 0 Å². The van der Waals surface area contributed by atoms with E-state index in [0.29, 0.717) is 0 Å². The summed E-state index contributed by atoms with van der Waals surface area (Å²) >= 11 is 0. The third-order valence-electron chi connectivity index (χ3n) is 0. The minimum Gasteiger partial charge on any atom is -0.317 e. The third-order valence-corrected chi connectivity index (χ3v) is 0. The molecule has 0 aromatic heterocycles. The zero-order valence-corrected chi connectivity index (χ0v) is 6.54. The van der Waals surface area contributed by atoms with Crippen LogP contribution in [-0.4, -0.2) is 33.5 Å². The SMILES string of the molecule is C=N.C=N.C=N.C=N.FC(F)F. The standard InChI is InChI=1S/CHF3.4CH3N/c2-1(3)4;4*1-2/h1H;4*2H,1H2. The number of nitrogens with one attached hydrogen (secondary N) is 4. The van der Waals surface area contributed by atoms with E-state index >= 15 is 0 Å². The van der Waals surface area contributed by atoms with E-state index in [1.807, 2.05) is 0 Å². The summed E-state index contributed by atoms with van der Waals surface area (Å²) in [5.74, 6) is 0. The zero-order valence-electron chi connectivity index (χ0n) is 6.54.